The lowest BCUT2D eigenvalue weighted by Crippen LogP contribution is -2.41. The standard InChI is InChI=1S/C45H60N12O4/c1-44(2)22-29(10-17-60-44)25-52-39-21-34(37-9-16-50-43(55-37)57-41(59)33-6-13-47-28-33)19-35(53-39)24-45(3)23-30(11-18-61-45)26-51-38-20-31(7-14-48-38)36-8-15-49-42(54-36)56-40(58)32-5-4-12-46-27-32/h7-9,14-16,19-21,29-30,32-33,46-47H,4-6,10-13,17-18,22-28H2,1-3H3,(H,48,51)(H,52,53)(H,49,54,56,58)(H,50,55,57,59). The Morgan fingerprint density at radius 2 is 1.31 bits per heavy atom. The highest BCUT2D eigenvalue weighted by molar-refractivity contribution is 5.92. The van der Waals surface area contributed by atoms with E-state index in [9.17, 15) is 9.59 Å². The fraction of sp³-hybridized carbons (Fsp3) is 0.556. The summed E-state index contributed by atoms with van der Waals surface area (Å²) in [6.07, 6.45) is 12.1. The molecule has 4 saturated heterocycles. The minimum Gasteiger partial charge on any atom is -0.376 e. The van der Waals surface area contributed by atoms with Gasteiger partial charge in [-0.3, -0.25) is 20.2 Å². The molecule has 0 aromatic carbocycles. The summed E-state index contributed by atoms with van der Waals surface area (Å²) in [5.41, 5.74) is 3.49. The van der Waals surface area contributed by atoms with E-state index < -0.39 is 5.60 Å². The minimum absolute atomic E-state index is 0.0564. The largest absolute Gasteiger partial charge is 0.376 e. The number of nitrogens with one attached hydrogen (secondary N) is 6. The van der Waals surface area contributed by atoms with Crippen LogP contribution in [0.25, 0.3) is 22.5 Å². The molecule has 0 radical (unpaired) electrons. The third kappa shape index (κ3) is 11.6. The number of pyridine rings is 2. The van der Waals surface area contributed by atoms with Gasteiger partial charge >= 0.3 is 0 Å². The second-order valence-electron chi connectivity index (χ2n) is 18.0. The van der Waals surface area contributed by atoms with Gasteiger partial charge < -0.3 is 30.7 Å². The Labute approximate surface area is 358 Å². The van der Waals surface area contributed by atoms with E-state index in [4.69, 9.17) is 19.4 Å². The number of ether oxygens (including phenoxy) is 2. The first-order valence-corrected chi connectivity index (χ1v) is 22.0. The predicted octanol–water partition coefficient (Wildman–Crippen LogP) is 5.33. The number of amides is 2. The van der Waals surface area contributed by atoms with Crippen LogP contribution in [0.1, 0.15) is 71.4 Å². The first kappa shape index (κ1) is 42.5. The molecule has 16 heteroatoms. The van der Waals surface area contributed by atoms with Crippen LogP contribution < -0.4 is 31.9 Å². The Morgan fingerprint density at radius 1 is 0.689 bits per heavy atom. The molecule has 324 valence electrons. The Balaban J connectivity index is 0.936. The van der Waals surface area contributed by atoms with E-state index in [2.05, 4.69) is 78.7 Å². The Morgan fingerprint density at radius 3 is 1.98 bits per heavy atom. The molecule has 8 heterocycles. The zero-order valence-electron chi connectivity index (χ0n) is 35.6. The molecule has 5 atom stereocenters. The van der Waals surface area contributed by atoms with Crippen LogP contribution in [0.15, 0.2) is 55.0 Å². The molecule has 0 spiro atoms. The molecule has 0 saturated carbocycles. The third-order valence-electron chi connectivity index (χ3n) is 12.3. The van der Waals surface area contributed by atoms with Gasteiger partial charge in [-0.05, 0) is 127 Å². The zero-order chi connectivity index (χ0) is 42.2. The lowest BCUT2D eigenvalue weighted by Gasteiger charge is -2.38. The van der Waals surface area contributed by atoms with Crippen LogP contribution in [-0.2, 0) is 25.5 Å². The molecule has 2 amide bonds. The summed E-state index contributed by atoms with van der Waals surface area (Å²) in [5.74, 6) is 2.62. The summed E-state index contributed by atoms with van der Waals surface area (Å²) >= 11 is 0. The van der Waals surface area contributed by atoms with Gasteiger partial charge in [0.25, 0.3) is 0 Å². The molecule has 4 fully saturated rings. The molecule has 4 aliphatic rings. The number of carbonyl (C=O) groups excluding carboxylic acids is 2. The fourth-order valence-electron chi connectivity index (χ4n) is 9.10. The van der Waals surface area contributed by atoms with Crippen molar-refractivity contribution in [3.8, 4) is 22.5 Å². The van der Waals surface area contributed by atoms with Crippen molar-refractivity contribution < 1.29 is 19.1 Å². The molecular formula is C45H60N12O4. The maximum Gasteiger partial charge on any atom is 0.231 e. The van der Waals surface area contributed by atoms with Crippen LogP contribution >= 0.6 is 0 Å². The van der Waals surface area contributed by atoms with Gasteiger partial charge in [0.2, 0.25) is 23.7 Å². The van der Waals surface area contributed by atoms with Crippen molar-refractivity contribution in [2.75, 3.05) is 73.7 Å². The van der Waals surface area contributed by atoms with Crippen LogP contribution in [-0.4, -0.2) is 105 Å². The van der Waals surface area contributed by atoms with Gasteiger partial charge in [-0.15, -0.1) is 0 Å². The first-order valence-electron chi connectivity index (χ1n) is 22.0. The SMILES string of the molecule is CC1(C)CC(CNc2cc(-c3ccnc(NC(=O)C4CCNC4)n3)cc(CC3(C)CC(CNc4cc(-c5ccnc(NC(=O)C6CCCNC6)n5)ccn4)CCO3)n2)CCO1. The van der Waals surface area contributed by atoms with Gasteiger partial charge in [-0.2, -0.15) is 0 Å². The summed E-state index contributed by atoms with van der Waals surface area (Å²) in [5, 5.41) is 19.6. The molecule has 0 bridgehead atoms. The highest BCUT2D eigenvalue weighted by atomic mass is 16.5. The topological polar surface area (TPSA) is 202 Å². The molecule has 6 N–H and O–H groups in total. The average molecular weight is 833 g/mol. The Kier molecular flexibility index (Phi) is 13.4. The number of rotatable bonds is 14. The first-order chi connectivity index (χ1) is 29.5. The van der Waals surface area contributed by atoms with Gasteiger partial charge in [0.15, 0.2) is 0 Å². The molecule has 5 unspecified atom stereocenters. The van der Waals surface area contributed by atoms with E-state index in [0.29, 0.717) is 61.2 Å². The van der Waals surface area contributed by atoms with Gasteiger partial charge in [-0.1, -0.05) is 0 Å². The van der Waals surface area contributed by atoms with Gasteiger partial charge in [0.05, 0.1) is 34.4 Å². The number of piperidine rings is 1. The molecule has 16 nitrogen and oxygen atoms in total. The van der Waals surface area contributed by atoms with E-state index in [-0.39, 0.29) is 29.3 Å². The normalized spacial score (nSPS) is 25.0. The highest BCUT2D eigenvalue weighted by Crippen LogP contribution is 2.34. The van der Waals surface area contributed by atoms with E-state index in [1.54, 1.807) is 18.6 Å². The summed E-state index contributed by atoms with van der Waals surface area (Å²) in [4.78, 5) is 53.6. The fourth-order valence-corrected chi connectivity index (χ4v) is 9.10. The van der Waals surface area contributed by atoms with Crippen molar-refractivity contribution >= 4 is 35.3 Å². The van der Waals surface area contributed by atoms with Crippen molar-refractivity contribution in [1.82, 2.24) is 40.5 Å². The van der Waals surface area contributed by atoms with E-state index in [0.717, 1.165) is 106 Å². The number of hydrogen-bond donors (Lipinski definition) is 6. The average Bonchev–Trinajstić information content (AvgIpc) is 3.81. The summed E-state index contributed by atoms with van der Waals surface area (Å²) < 4.78 is 12.5. The van der Waals surface area contributed by atoms with Crippen molar-refractivity contribution in [3.63, 3.8) is 0 Å². The second-order valence-corrected chi connectivity index (χ2v) is 18.0. The molecule has 4 aromatic heterocycles. The summed E-state index contributed by atoms with van der Waals surface area (Å²) in [6.45, 7) is 12.5. The number of anilines is 4. The van der Waals surface area contributed by atoms with Crippen molar-refractivity contribution in [2.24, 2.45) is 23.7 Å². The third-order valence-corrected chi connectivity index (χ3v) is 12.3. The molecular weight excluding hydrogens is 773 g/mol. The second kappa shape index (κ2) is 19.3. The van der Waals surface area contributed by atoms with Crippen LogP contribution in [0.3, 0.4) is 0 Å². The van der Waals surface area contributed by atoms with Gasteiger partial charge in [-0.25, -0.2) is 29.9 Å². The van der Waals surface area contributed by atoms with E-state index in [1.165, 1.54) is 0 Å². The lowest BCUT2D eigenvalue weighted by molar-refractivity contribution is -0.120. The molecule has 8 rings (SSSR count). The molecule has 61 heavy (non-hydrogen) atoms. The van der Waals surface area contributed by atoms with Crippen molar-refractivity contribution in [3.05, 3.63) is 60.7 Å². The summed E-state index contributed by atoms with van der Waals surface area (Å²) in [6, 6.07) is 11.7. The summed E-state index contributed by atoms with van der Waals surface area (Å²) in [7, 11) is 0. The maximum absolute atomic E-state index is 12.9. The van der Waals surface area contributed by atoms with Crippen LogP contribution in [0.5, 0.6) is 0 Å². The highest BCUT2D eigenvalue weighted by Gasteiger charge is 2.35. The van der Waals surface area contributed by atoms with E-state index in [1.807, 2.05) is 30.3 Å². The number of nitrogens with zero attached hydrogens (tertiary/aromatic N) is 6. The van der Waals surface area contributed by atoms with Gasteiger partial charge in [0.1, 0.15) is 11.6 Å². The zero-order valence-corrected chi connectivity index (χ0v) is 35.6. The predicted molar refractivity (Wildman–Crippen MR) is 235 cm³/mol. The lowest BCUT2D eigenvalue weighted by atomic mass is 9.83. The van der Waals surface area contributed by atoms with Crippen LogP contribution in [0, 0.1) is 23.7 Å². The smallest absolute Gasteiger partial charge is 0.231 e. The number of carbonyl (C=O) groups is 2. The van der Waals surface area contributed by atoms with Crippen molar-refractivity contribution in [1.29, 1.82) is 0 Å². The molecule has 0 aliphatic carbocycles. The maximum atomic E-state index is 12.9. The van der Waals surface area contributed by atoms with Crippen molar-refractivity contribution in [2.45, 2.75) is 83.3 Å². The molecule has 4 aromatic rings. The molecule has 4 aliphatic heterocycles. The van der Waals surface area contributed by atoms with E-state index >= 15 is 0 Å². The minimum atomic E-state index is -0.455. The Bertz CT molecular complexity index is 2140. The van der Waals surface area contributed by atoms with Gasteiger partial charge in [0, 0.05) is 81.2 Å². The number of hydrogen-bond acceptors (Lipinski definition) is 14. The van der Waals surface area contributed by atoms with Crippen LogP contribution in [0.2, 0.25) is 0 Å². The Hall–Kier alpha value is -5.16. The number of aromatic nitrogens is 6. The quantitative estimate of drug-likeness (QED) is 0.0952. The monoisotopic (exact) mass is 832 g/mol. The van der Waals surface area contributed by atoms with Crippen LogP contribution in [0.4, 0.5) is 23.5 Å².